The van der Waals surface area contributed by atoms with Crippen LogP contribution in [0, 0.1) is 0 Å². The van der Waals surface area contributed by atoms with Gasteiger partial charge in [0.25, 0.3) is 5.91 Å². The van der Waals surface area contributed by atoms with Gasteiger partial charge in [-0.15, -0.1) is 11.3 Å². The number of rotatable bonds is 7. The Balaban J connectivity index is 2.12. The molecule has 0 aromatic carbocycles. The average Bonchev–Trinajstić information content (AvgIpc) is 3.16. The van der Waals surface area contributed by atoms with Crippen molar-refractivity contribution in [2.45, 2.75) is 19.4 Å². The Hall–Kier alpha value is -2.12. The van der Waals surface area contributed by atoms with Crippen molar-refractivity contribution in [2.75, 3.05) is 13.7 Å². The highest BCUT2D eigenvalue weighted by Gasteiger charge is 2.20. The molecule has 0 aliphatic rings. The van der Waals surface area contributed by atoms with E-state index in [2.05, 4.69) is 5.32 Å². The van der Waals surface area contributed by atoms with Gasteiger partial charge in [0, 0.05) is 18.9 Å². The molecule has 0 fully saturated rings. The van der Waals surface area contributed by atoms with Crippen LogP contribution in [0.3, 0.4) is 0 Å². The van der Waals surface area contributed by atoms with Crippen molar-refractivity contribution in [1.82, 2.24) is 5.32 Å². The Kier molecular flexibility index (Phi) is 5.35. The summed E-state index contributed by atoms with van der Waals surface area (Å²) >= 11 is 1.17. The van der Waals surface area contributed by atoms with Gasteiger partial charge in [0.2, 0.25) is 5.91 Å². The highest BCUT2D eigenvalue weighted by atomic mass is 32.1. The first-order valence-electron chi connectivity index (χ1n) is 6.81. The molecule has 0 aliphatic heterocycles. The molecule has 0 bridgehead atoms. The van der Waals surface area contributed by atoms with E-state index in [0.29, 0.717) is 16.2 Å². The summed E-state index contributed by atoms with van der Waals surface area (Å²) in [6.45, 7) is 2.28. The molecule has 0 saturated carbocycles. The molecule has 2 aromatic heterocycles. The van der Waals surface area contributed by atoms with Crippen LogP contribution in [0.4, 0.5) is 0 Å². The number of hydrogen-bond donors (Lipinski definition) is 2. The second-order valence-corrected chi connectivity index (χ2v) is 5.61. The minimum Gasteiger partial charge on any atom is -0.464 e. The quantitative estimate of drug-likeness (QED) is 0.816. The lowest BCUT2D eigenvalue weighted by Gasteiger charge is -2.15. The molecule has 7 heteroatoms. The van der Waals surface area contributed by atoms with Gasteiger partial charge in [-0.25, -0.2) is 0 Å². The normalized spacial score (nSPS) is 12.1. The van der Waals surface area contributed by atoms with Crippen LogP contribution in [0.25, 0.3) is 0 Å². The number of aryl methyl sites for hydroxylation is 1. The number of thiophene rings is 1. The second kappa shape index (κ2) is 7.24. The predicted molar refractivity (Wildman–Crippen MR) is 83.0 cm³/mol. The number of primary amides is 1. The van der Waals surface area contributed by atoms with E-state index in [9.17, 15) is 9.59 Å². The molecular formula is C15H18N2O4S. The molecule has 0 aliphatic carbocycles. The van der Waals surface area contributed by atoms with Crippen LogP contribution in [-0.4, -0.2) is 25.5 Å². The number of nitrogens with two attached hydrogens (primary N) is 1. The summed E-state index contributed by atoms with van der Waals surface area (Å²) < 4.78 is 10.8. The van der Waals surface area contributed by atoms with Crippen LogP contribution in [0.15, 0.2) is 28.0 Å². The maximum absolute atomic E-state index is 12.3. The van der Waals surface area contributed by atoms with Gasteiger partial charge < -0.3 is 20.2 Å². The lowest BCUT2D eigenvalue weighted by atomic mass is 10.2. The van der Waals surface area contributed by atoms with E-state index in [-0.39, 0.29) is 12.5 Å². The highest BCUT2D eigenvalue weighted by Crippen LogP contribution is 2.20. The summed E-state index contributed by atoms with van der Waals surface area (Å²) in [4.78, 5) is 23.8. The van der Waals surface area contributed by atoms with Gasteiger partial charge >= 0.3 is 0 Å². The minimum atomic E-state index is -0.553. The first kappa shape index (κ1) is 16.3. The van der Waals surface area contributed by atoms with Gasteiger partial charge in [0.15, 0.2) is 0 Å². The van der Waals surface area contributed by atoms with Gasteiger partial charge in [-0.1, -0.05) is 6.92 Å². The topological polar surface area (TPSA) is 94.6 Å². The largest absolute Gasteiger partial charge is 0.464 e. The third kappa shape index (κ3) is 3.75. The summed E-state index contributed by atoms with van der Waals surface area (Å²) in [5, 5.41) is 4.40. The van der Waals surface area contributed by atoms with E-state index >= 15 is 0 Å². The standard InChI is InChI=1S/C15H18N2O4S/c1-3-10-4-5-12(21-10)11(7-20-2)17-15(19)13-6-9(8-22-13)14(16)18/h4-6,8,11H,3,7H2,1-2H3,(H2,16,18)(H,17,19)/t11-/m1/s1. The first-order valence-corrected chi connectivity index (χ1v) is 7.69. The fraction of sp³-hybridized carbons (Fsp3) is 0.333. The molecule has 0 radical (unpaired) electrons. The van der Waals surface area contributed by atoms with Gasteiger partial charge in [-0.05, 0) is 18.2 Å². The van der Waals surface area contributed by atoms with E-state index in [1.165, 1.54) is 17.4 Å². The van der Waals surface area contributed by atoms with Crippen molar-refractivity contribution in [3.05, 3.63) is 45.5 Å². The lowest BCUT2D eigenvalue weighted by Crippen LogP contribution is -2.30. The van der Waals surface area contributed by atoms with Crippen LogP contribution in [0.1, 0.15) is 44.5 Å². The average molecular weight is 322 g/mol. The summed E-state index contributed by atoms with van der Waals surface area (Å²) in [6.07, 6.45) is 0.778. The maximum Gasteiger partial charge on any atom is 0.262 e. The van der Waals surface area contributed by atoms with Gasteiger partial charge in [-0.3, -0.25) is 9.59 Å². The molecule has 1 atom stereocenters. The summed E-state index contributed by atoms with van der Waals surface area (Å²) in [5.74, 6) is 0.632. The number of nitrogens with one attached hydrogen (secondary N) is 1. The highest BCUT2D eigenvalue weighted by molar-refractivity contribution is 7.12. The summed E-state index contributed by atoms with van der Waals surface area (Å²) in [7, 11) is 1.55. The molecule has 2 rings (SSSR count). The fourth-order valence-electron chi connectivity index (χ4n) is 1.95. The van der Waals surface area contributed by atoms with Crippen LogP contribution >= 0.6 is 11.3 Å². The van der Waals surface area contributed by atoms with Crippen molar-refractivity contribution < 1.29 is 18.7 Å². The van der Waals surface area contributed by atoms with Crippen molar-refractivity contribution in [3.8, 4) is 0 Å². The molecule has 2 amide bonds. The molecule has 22 heavy (non-hydrogen) atoms. The molecule has 6 nitrogen and oxygen atoms in total. The lowest BCUT2D eigenvalue weighted by molar-refractivity contribution is 0.0886. The van der Waals surface area contributed by atoms with E-state index < -0.39 is 11.9 Å². The Labute approximate surface area is 132 Å². The van der Waals surface area contributed by atoms with Crippen LogP contribution in [0.5, 0.6) is 0 Å². The van der Waals surface area contributed by atoms with Crippen molar-refractivity contribution in [3.63, 3.8) is 0 Å². The molecule has 0 saturated heterocycles. The van der Waals surface area contributed by atoms with Crippen molar-refractivity contribution in [1.29, 1.82) is 0 Å². The molecule has 0 spiro atoms. The number of carbonyl (C=O) groups is 2. The van der Waals surface area contributed by atoms with E-state index in [1.54, 1.807) is 12.5 Å². The first-order chi connectivity index (χ1) is 10.5. The van der Waals surface area contributed by atoms with Gasteiger partial charge in [0.05, 0.1) is 17.0 Å². The molecule has 3 N–H and O–H groups in total. The van der Waals surface area contributed by atoms with E-state index in [1.807, 2.05) is 19.1 Å². The number of methoxy groups -OCH3 is 1. The number of amides is 2. The predicted octanol–water partition coefficient (Wildman–Crippen LogP) is 2.12. The third-order valence-corrected chi connectivity index (χ3v) is 4.05. The van der Waals surface area contributed by atoms with Gasteiger partial charge in [0.1, 0.15) is 17.6 Å². The number of furan rings is 1. The number of carbonyl (C=O) groups excluding carboxylic acids is 2. The molecular weight excluding hydrogens is 304 g/mol. The number of ether oxygens (including phenoxy) is 1. The number of hydrogen-bond acceptors (Lipinski definition) is 5. The Morgan fingerprint density at radius 3 is 2.77 bits per heavy atom. The summed E-state index contributed by atoms with van der Waals surface area (Å²) in [6, 6.07) is 4.79. The minimum absolute atomic E-state index is 0.288. The van der Waals surface area contributed by atoms with Gasteiger partial charge in [-0.2, -0.15) is 0 Å². The fourth-order valence-corrected chi connectivity index (χ4v) is 2.75. The Morgan fingerprint density at radius 1 is 1.45 bits per heavy atom. The zero-order valence-corrected chi connectivity index (χ0v) is 13.2. The zero-order chi connectivity index (χ0) is 16.1. The van der Waals surface area contributed by atoms with Crippen LogP contribution in [0.2, 0.25) is 0 Å². The zero-order valence-electron chi connectivity index (χ0n) is 12.4. The smallest absolute Gasteiger partial charge is 0.262 e. The van der Waals surface area contributed by atoms with Crippen molar-refractivity contribution >= 4 is 23.2 Å². The van der Waals surface area contributed by atoms with E-state index in [0.717, 1.165) is 12.2 Å². The van der Waals surface area contributed by atoms with Crippen LogP contribution < -0.4 is 11.1 Å². The molecule has 118 valence electrons. The maximum atomic E-state index is 12.3. The summed E-state index contributed by atoms with van der Waals surface area (Å²) in [5.41, 5.74) is 5.51. The third-order valence-electron chi connectivity index (χ3n) is 3.12. The SMILES string of the molecule is CCc1ccc([C@@H](COC)NC(=O)c2cc(C(N)=O)cs2)o1. The molecule has 2 heterocycles. The molecule has 0 unspecified atom stereocenters. The second-order valence-electron chi connectivity index (χ2n) is 4.70. The monoisotopic (exact) mass is 322 g/mol. The molecule has 2 aromatic rings. The van der Waals surface area contributed by atoms with Crippen LogP contribution in [-0.2, 0) is 11.2 Å². The Morgan fingerprint density at radius 2 is 2.23 bits per heavy atom. The Bertz CT molecular complexity index is 662. The van der Waals surface area contributed by atoms with E-state index in [4.69, 9.17) is 14.9 Å². The van der Waals surface area contributed by atoms with Crippen molar-refractivity contribution in [2.24, 2.45) is 5.73 Å².